The first-order valence-corrected chi connectivity index (χ1v) is 7.25. The molecule has 0 saturated heterocycles. The Labute approximate surface area is 126 Å². The van der Waals surface area contributed by atoms with Crippen LogP contribution in [0, 0.1) is 6.92 Å². The third kappa shape index (κ3) is 4.09. The van der Waals surface area contributed by atoms with Crippen molar-refractivity contribution in [2.75, 3.05) is 24.6 Å². The van der Waals surface area contributed by atoms with Gasteiger partial charge in [-0.15, -0.1) is 0 Å². The molecular weight excluding hydrogens is 262 g/mol. The van der Waals surface area contributed by atoms with Gasteiger partial charge in [-0.05, 0) is 37.6 Å². The van der Waals surface area contributed by atoms with Crippen LogP contribution in [0.5, 0.6) is 0 Å². The second-order valence-electron chi connectivity index (χ2n) is 4.87. The Hall–Kier alpha value is -2.29. The molecule has 3 heteroatoms. The number of carbonyl (C=O) groups excluding carboxylic acids is 1. The highest BCUT2D eigenvalue weighted by atomic mass is 16.5. The molecule has 0 bridgehead atoms. The smallest absolute Gasteiger partial charge is 0.338 e. The Morgan fingerprint density at radius 1 is 1.05 bits per heavy atom. The fourth-order valence-corrected chi connectivity index (χ4v) is 2.24. The van der Waals surface area contributed by atoms with Crippen LogP contribution in [0.15, 0.2) is 54.6 Å². The standard InChI is InChI=1S/C18H21NO2/c1-3-19(16-10-5-4-6-11-16)13-14-21-18(20)17-12-8-7-9-15(17)2/h4-12H,3,13-14H2,1-2H3. The van der Waals surface area contributed by atoms with Gasteiger partial charge in [-0.25, -0.2) is 4.79 Å². The summed E-state index contributed by atoms with van der Waals surface area (Å²) in [4.78, 5) is 14.2. The lowest BCUT2D eigenvalue weighted by Crippen LogP contribution is -2.28. The number of benzene rings is 2. The first-order chi connectivity index (χ1) is 10.2. The van der Waals surface area contributed by atoms with E-state index in [9.17, 15) is 4.79 Å². The van der Waals surface area contributed by atoms with E-state index in [0.29, 0.717) is 18.7 Å². The molecule has 110 valence electrons. The summed E-state index contributed by atoms with van der Waals surface area (Å²) in [6.07, 6.45) is 0. The van der Waals surface area contributed by atoms with Crippen LogP contribution in [0.25, 0.3) is 0 Å². The maximum absolute atomic E-state index is 12.0. The molecule has 0 aliphatic heterocycles. The fraction of sp³-hybridized carbons (Fsp3) is 0.278. The van der Waals surface area contributed by atoms with E-state index < -0.39 is 0 Å². The van der Waals surface area contributed by atoms with Crippen molar-refractivity contribution in [1.29, 1.82) is 0 Å². The lowest BCUT2D eigenvalue weighted by atomic mass is 10.1. The number of rotatable bonds is 6. The average Bonchev–Trinajstić information content (AvgIpc) is 2.52. The predicted octanol–water partition coefficient (Wildman–Crippen LogP) is 3.68. The number of para-hydroxylation sites is 1. The minimum absolute atomic E-state index is 0.253. The Kier molecular flexibility index (Phi) is 5.38. The van der Waals surface area contributed by atoms with Gasteiger partial charge in [0.15, 0.2) is 0 Å². The van der Waals surface area contributed by atoms with Gasteiger partial charge in [0.05, 0.1) is 12.1 Å². The molecule has 0 fully saturated rings. The largest absolute Gasteiger partial charge is 0.460 e. The lowest BCUT2D eigenvalue weighted by Gasteiger charge is -2.22. The van der Waals surface area contributed by atoms with Crippen molar-refractivity contribution >= 4 is 11.7 Å². The molecule has 0 aliphatic carbocycles. The minimum Gasteiger partial charge on any atom is -0.460 e. The summed E-state index contributed by atoms with van der Waals surface area (Å²) >= 11 is 0. The van der Waals surface area contributed by atoms with Crippen LogP contribution in [0.1, 0.15) is 22.8 Å². The number of likely N-dealkylation sites (N-methyl/N-ethyl adjacent to an activating group) is 1. The van der Waals surface area contributed by atoms with E-state index >= 15 is 0 Å². The van der Waals surface area contributed by atoms with Crippen molar-refractivity contribution in [3.63, 3.8) is 0 Å². The number of hydrogen-bond donors (Lipinski definition) is 0. The predicted molar refractivity (Wildman–Crippen MR) is 85.8 cm³/mol. The number of carbonyl (C=O) groups is 1. The molecule has 2 aromatic carbocycles. The van der Waals surface area contributed by atoms with E-state index in [4.69, 9.17) is 4.74 Å². The zero-order valence-corrected chi connectivity index (χ0v) is 12.6. The molecule has 3 nitrogen and oxygen atoms in total. The highest BCUT2D eigenvalue weighted by Gasteiger charge is 2.10. The molecule has 0 unspecified atom stereocenters. The van der Waals surface area contributed by atoms with Crippen LogP contribution in [0.2, 0.25) is 0 Å². The summed E-state index contributed by atoms with van der Waals surface area (Å²) in [7, 11) is 0. The van der Waals surface area contributed by atoms with Crippen LogP contribution < -0.4 is 4.90 Å². The summed E-state index contributed by atoms with van der Waals surface area (Å²) in [5, 5.41) is 0. The minimum atomic E-state index is -0.253. The molecule has 0 radical (unpaired) electrons. The highest BCUT2D eigenvalue weighted by Crippen LogP contribution is 2.13. The van der Waals surface area contributed by atoms with Gasteiger partial charge in [-0.1, -0.05) is 36.4 Å². The second kappa shape index (κ2) is 7.48. The third-order valence-electron chi connectivity index (χ3n) is 3.46. The molecule has 0 heterocycles. The SMILES string of the molecule is CCN(CCOC(=O)c1ccccc1C)c1ccccc1. The number of ether oxygens (including phenoxy) is 1. The number of anilines is 1. The third-order valence-corrected chi connectivity index (χ3v) is 3.46. The Balaban J connectivity index is 1.89. The quantitative estimate of drug-likeness (QED) is 0.757. The summed E-state index contributed by atoms with van der Waals surface area (Å²) in [6.45, 7) is 5.97. The Bertz CT molecular complexity index is 581. The summed E-state index contributed by atoms with van der Waals surface area (Å²) in [5.74, 6) is -0.253. The van der Waals surface area contributed by atoms with Crippen molar-refractivity contribution < 1.29 is 9.53 Å². The maximum atomic E-state index is 12.0. The molecule has 21 heavy (non-hydrogen) atoms. The van der Waals surface area contributed by atoms with Gasteiger partial charge in [0, 0.05) is 12.2 Å². The fourth-order valence-electron chi connectivity index (χ4n) is 2.24. The Morgan fingerprint density at radius 3 is 2.38 bits per heavy atom. The molecule has 0 atom stereocenters. The van der Waals surface area contributed by atoms with E-state index in [1.165, 1.54) is 0 Å². The van der Waals surface area contributed by atoms with Crippen molar-refractivity contribution in [2.24, 2.45) is 0 Å². The van der Waals surface area contributed by atoms with E-state index in [-0.39, 0.29) is 5.97 Å². The van der Waals surface area contributed by atoms with Gasteiger partial charge in [-0.2, -0.15) is 0 Å². The van der Waals surface area contributed by atoms with E-state index in [0.717, 1.165) is 17.8 Å². The van der Waals surface area contributed by atoms with Gasteiger partial charge in [0.25, 0.3) is 0 Å². The Morgan fingerprint density at radius 2 is 1.71 bits per heavy atom. The number of hydrogen-bond acceptors (Lipinski definition) is 3. The van der Waals surface area contributed by atoms with Crippen molar-refractivity contribution in [2.45, 2.75) is 13.8 Å². The van der Waals surface area contributed by atoms with Crippen molar-refractivity contribution in [3.8, 4) is 0 Å². The lowest BCUT2D eigenvalue weighted by molar-refractivity contribution is 0.0514. The molecular formula is C18H21NO2. The molecule has 0 aromatic heterocycles. The maximum Gasteiger partial charge on any atom is 0.338 e. The van der Waals surface area contributed by atoms with Gasteiger partial charge >= 0.3 is 5.97 Å². The van der Waals surface area contributed by atoms with Crippen LogP contribution in [-0.2, 0) is 4.74 Å². The zero-order chi connectivity index (χ0) is 15.1. The molecule has 0 saturated carbocycles. The average molecular weight is 283 g/mol. The summed E-state index contributed by atoms with van der Waals surface area (Å²) < 4.78 is 5.38. The molecule has 0 amide bonds. The van der Waals surface area contributed by atoms with E-state index in [1.54, 1.807) is 6.07 Å². The number of nitrogens with zero attached hydrogens (tertiary/aromatic N) is 1. The topological polar surface area (TPSA) is 29.5 Å². The second-order valence-corrected chi connectivity index (χ2v) is 4.87. The highest BCUT2D eigenvalue weighted by molar-refractivity contribution is 5.90. The van der Waals surface area contributed by atoms with Crippen molar-refractivity contribution in [3.05, 3.63) is 65.7 Å². The van der Waals surface area contributed by atoms with Crippen LogP contribution in [0.3, 0.4) is 0 Å². The van der Waals surface area contributed by atoms with E-state index in [1.807, 2.05) is 43.3 Å². The number of aryl methyl sites for hydroxylation is 1. The summed E-state index contributed by atoms with van der Waals surface area (Å²) in [6, 6.07) is 17.6. The first kappa shape index (κ1) is 15.1. The normalized spacial score (nSPS) is 10.2. The molecule has 2 aromatic rings. The van der Waals surface area contributed by atoms with Gasteiger partial charge < -0.3 is 9.64 Å². The first-order valence-electron chi connectivity index (χ1n) is 7.25. The van der Waals surface area contributed by atoms with Crippen LogP contribution >= 0.6 is 0 Å². The van der Waals surface area contributed by atoms with Crippen molar-refractivity contribution in [1.82, 2.24) is 0 Å². The molecule has 0 N–H and O–H groups in total. The van der Waals surface area contributed by atoms with Crippen LogP contribution in [-0.4, -0.2) is 25.7 Å². The molecule has 0 spiro atoms. The van der Waals surface area contributed by atoms with Crippen LogP contribution in [0.4, 0.5) is 5.69 Å². The summed E-state index contributed by atoms with van der Waals surface area (Å²) in [5.41, 5.74) is 2.73. The number of esters is 1. The van der Waals surface area contributed by atoms with Gasteiger partial charge in [-0.3, -0.25) is 0 Å². The zero-order valence-electron chi connectivity index (χ0n) is 12.6. The van der Waals surface area contributed by atoms with E-state index in [2.05, 4.69) is 24.0 Å². The monoisotopic (exact) mass is 283 g/mol. The molecule has 0 aliphatic rings. The van der Waals surface area contributed by atoms with Gasteiger partial charge in [0.2, 0.25) is 0 Å². The molecule has 2 rings (SSSR count). The van der Waals surface area contributed by atoms with Gasteiger partial charge in [0.1, 0.15) is 6.61 Å².